The Morgan fingerprint density at radius 3 is 3.42 bits per heavy atom. The van der Waals surface area contributed by atoms with Crippen molar-refractivity contribution in [1.82, 2.24) is 7.59 Å². The first-order chi connectivity index (χ1) is 5.83. The number of aromatic nitrogens is 2. The second kappa shape index (κ2) is 3.75. The molecule has 1 unspecified atom stereocenters. The Morgan fingerprint density at radius 2 is 2.67 bits per heavy atom. The molecule has 0 spiro atoms. The third kappa shape index (κ3) is 1.48. The van der Waals surface area contributed by atoms with Crippen molar-refractivity contribution >= 4 is 42.0 Å². The molecule has 0 saturated carbocycles. The van der Waals surface area contributed by atoms with E-state index in [0.717, 1.165) is 44.4 Å². The molecular formula is C7H8BrN2OPb. The second-order valence-electron chi connectivity index (χ2n) is 2.72. The molecule has 1 aliphatic heterocycles. The molecule has 1 aliphatic rings. The minimum absolute atomic E-state index is 0.219. The van der Waals surface area contributed by atoms with Gasteiger partial charge in [-0.2, -0.15) is 0 Å². The van der Waals surface area contributed by atoms with Gasteiger partial charge in [0.1, 0.15) is 0 Å². The molecule has 5 heteroatoms. The number of alkyl halides is 1. The zero-order valence-electron chi connectivity index (χ0n) is 6.46. The van der Waals surface area contributed by atoms with Crippen LogP contribution >= 0.6 is 15.9 Å². The van der Waals surface area contributed by atoms with Crippen LogP contribution in [0.25, 0.3) is 0 Å². The number of halogens is 1. The summed E-state index contributed by atoms with van der Waals surface area (Å²) in [6.07, 6.45) is 3.17. The van der Waals surface area contributed by atoms with E-state index in [4.69, 9.17) is 4.74 Å². The average molecular weight is 423 g/mol. The van der Waals surface area contributed by atoms with Crippen molar-refractivity contribution in [3.05, 3.63) is 17.5 Å². The van der Waals surface area contributed by atoms with Crippen LogP contribution in [-0.2, 0) is 11.2 Å². The molecule has 3 nitrogen and oxygen atoms in total. The zero-order valence-corrected chi connectivity index (χ0v) is 11.9. The summed E-state index contributed by atoms with van der Waals surface area (Å²) in [5.74, 6) is 0. The van der Waals surface area contributed by atoms with Crippen LogP contribution < -0.4 is 0 Å². The van der Waals surface area contributed by atoms with Crippen LogP contribution in [0.3, 0.4) is 0 Å². The molecule has 0 bridgehead atoms. The third-order valence-corrected chi connectivity index (χ3v) is 4.13. The Hall–Kier alpha value is 0.572. The Labute approximate surface area is 95.7 Å². The normalized spacial score (nSPS) is 22.3. The summed E-state index contributed by atoms with van der Waals surface area (Å²) in [6.45, 7) is 0.831. The van der Waals surface area contributed by atoms with Crippen LogP contribution in [0.5, 0.6) is 0 Å². The number of nitrogens with zero attached hydrogens (tertiary/aromatic N) is 2. The molecule has 1 atom stereocenters. The van der Waals surface area contributed by atoms with Gasteiger partial charge in [0, 0.05) is 0 Å². The number of hydrogen-bond donors (Lipinski definition) is 0. The first-order valence-electron chi connectivity index (χ1n) is 3.79. The molecule has 12 heavy (non-hydrogen) atoms. The van der Waals surface area contributed by atoms with Gasteiger partial charge in [0.25, 0.3) is 0 Å². The van der Waals surface area contributed by atoms with Crippen molar-refractivity contribution in [2.75, 3.05) is 11.9 Å². The molecule has 0 saturated heterocycles. The first-order valence-corrected chi connectivity index (χ1v) is 6.65. The Kier molecular flexibility index (Phi) is 2.86. The van der Waals surface area contributed by atoms with Gasteiger partial charge in [0.2, 0.25) is 0 Å². The van der Waals surface area contributed by atoms with Gasteiger partial charge in [-0.15, -0.1) is 0 Å². The summed E-state index contributed by atoms with van der Waals surface area (Å²) in [5.41, 5.74) is 2.64. The number of hydrogen-bond acceptors (Lipinski definition) is 2. The van der Waals surface area contributed by atoms with E-state index in [9.17, 15) is 0 Å². The van der Waals surface area contributed by atoms with Crippen LogP contribution in [0.15, 0.2) is 6.20 Å². The van der Waals surface area contributed by atoms with Gasteiger partial charge >= 0.3 is 96.2 Å². The van der Waals surface area contributed by atoms with E-state index in [1.165, 1.54) is 11.3 Å². The summed E-state index contributed by atoms with van der Waals surface area (Å²) >= 11 is 4.41. The summed E-state index contributed by atoms with van der Waals surface area (Å²) < 4.78 is 7.66. The van der Waals surface area contributed by atoms with Crippen molar-refractivity contribution in [1.29, 1.82) is 0 Å². The topological polar surface area (TPSA) is 27.1 Å². The van der Waals surface area contributed by atoms with Gasteiger partial charge in [-0.3, -0.25) is 0 Å². The van der Waals surface area contributed by atoms with Crippen LogP contribution in [0.2, 0.25) is 0 Å². The fourth-order valence-corrected chi connectivity index (χ4v) is 3.12. The number of fused-ring (bicyclic) bond motifs is 1. The SMILES string of the molecule is BrCC1OCCc2c1cn[n]2[Pb]. The van der Waals surface area contributed by atoms with Crippen LogP contribution in [-0.4, -0.2) is 45.6 Å². The summed E-state index contributed by atoms with van der Waals surface area (Å²) in [5, 5.41) is 5.14. The molecule has 3 radical (unpaired) electrons. The molecule has 0 fully saturated rings. The molecule has 1 aromatic rings. The van der Waals surface area contributed by atoms with Crippen molar-refractivity contribution in [3.63, 3.8) is 0 Å². The van der Waals surface area contributed by atoms with E-state index < -0.39 is 0 Å². The quantitative estimate of drug-likeness (QED) is 0.495. The van der Waals surface area contributed by atoms with Crippen LogP contribution in [0, 0.1) is 0 Å². The Morgan fingerprint density at radius 1 is 1.83 bits per heavy atom. The first kappa shape index (κ1) is 9.14. The molecular weight excluding hydrogens is 415 g/mol. The van der Waals surface area contributed by atoms with Crippen molar-refractivity contribution in [3.8, 4) is 0 Å². The molecule has 2 rings (SSSR count). The predicted octanol–water partition coefficient (Wildman–Crippen LogP) is 0.823. The van der Waals surface area contributed by atoms with Crippen molar-refractivity contribution in [2.24, 2.45) is 0 Å². The van der Waals surface area contributed by atoms with E-state index in [2.05, 4.69) is 23.5 Å². The monoisotopic (exact) mass is 423 g/mol. The summed E-state index contributed by atoms with van der Waals surface area (Å²) in [6, 6.07) is 0. The van der Waals surface area contributed by atoms with E-state index in [-0.39, 0.29) is 6.10 Å². The molecule has 0 amide bonds. The summed E-state index contributed by atoms with van der Waals surface area (Å²) in [4.78, 5) is 0. The molecule has 2 heterocycles. The maximum absolute atomic E-state index is 5.58. The zero-order chi connectivity index (χ0) is 8.55. The number of rotatable bonds is 1. The Balaban J connectivity index is 2.38. The van der Waals surface area contributed by atoms with E-state index in [0.29, 0.717) is 0 Å². The van der Waals surface area contributed by atoms with Gasteiger partial charge < -0.3 is 0 Å². The summed E-state index contributed by atoms with van der Waals surface area (Å²) in [7, 11) is 0. The molecule has 1 aromatic heterocycles. The third-order valence-electron chi connectivity index (χ3n) is 2.05. The fraction of sp³-hybridized carbons (Fsp3) is 0.571. The van der Waals surface area contributed by atoms with Crippen molar-refractivity contribution < 1.29 is 4.74 Å². The molecule has 63 valence electrons. The predicted molar refractivity (Wildman–Crippen MR) is 49.6 cm³/mol. The van der Waals surface area contributed by atoms with E-state index in [1.807, 2.05) is 6.20 Å². The van der Waals surface area contributed by atoms with Gasteiger partial charge in [0.05, 0.1) is 0 Å². The van der Waals surface area contributed by atoms with E-state index >= 15 is 0 Å². The van der Waals surface area contributed by atoms with E-state index in [1.54, 1.807) is 0 Å². The maximum atomic E-state index is 5.58. The van der Waals surface area contributed by atoms with Gasteiger partial charge in [-0.05, 0) is 0 Å². The van der Waals surface area contributed by atoms with Gasteiger partial charge in [0.15, 0.2) is 0 Å². The van der Waals surface area contributed by atoms with Crippen molar-refractivity contribution in [2.45, 2.75) is 12.5 Å². The van der Waals surface area contributed by atoms with Crippen LogP contribution in [0.4, 0.5) is 0 Å². The van der Waals surface area contributed by atoms with Crippen LogP contribution in [0.1, 0.15) is 17.4 Å². The standard InChI is InChI=1S/C7H8BrN2O.Pb/c8-3-7-5-4-9-10-6(5)1-2-11-7;/h4,7H,1-3H2;/q-1;+1. The molecule has 0 aromatic carbocycles. The second-order valence-corrected chi connectivity index (χ2v) is 5.02. The number of ether oxygens (including phenoxy) is 1. The Bertz CT molecular complexity index is 289. The van der Waals surface area contributed by atoms with Gasteiger partial charge in [-0.1, -0.05) is 0 Å². The fourth-order valence-electron chi connectivity index (χ4n) is 1.42. The average Bonchev–Trinajstić information content (AvgIpc) is 2.48. The van der Waals surface area contributed by atoms with Gasteiger partial charge in [-0.25, -0.2) is 0 Å². The minimum atomic E-state index is 0.219. The molecule has 0 aliphatic carbocycles. The molecule has 0 N–H and O–H groups in total.